The van der Waals surface area contributed by atoms with E-state index in [2.05, 4.69) is 32.7 Å². The van der Waals surface area contributed by atoms with Gasteiger partial charge in [0, 0.05) is 6.04 Å². The van der Waals surface area contributed by atoms with Gasteiger partial charge in [-0.2, -0.15) is 0 Å². The second-order valence-corrected chi connectivity index (χ2v) is 3.12. The zero-order valence-electron chi connectivity index (χ0n) is 7.85. The van der Waals surface area contributed by atoms with Gasteiger partial charge in [0.25, 0.3) is 0 Å². The van der Waals surface area contributed by atoms with Crippen molar-refractivity contribution >= 4 is 0 Å². The molecule has 10 heavy (non-hydrogen) atoms. The minimum absolute atomic E-state index is 0.768. The second kappa shape index (κ2) is 5.72. The molecule has 0 aliphatic rings. The van der Waals surface area contributed by atoms with Crippen molar-refractivity contribution in [2.45, 2.75) is 46.1 Å². The largest absolute Gasteiger partial charge is 0.304 e. The molecule has 1 nitrogen and oxygen atoms in total. The highest BCUT2D eigenvalue weighted by Gasteiger charge is 2.04. The van der Waals surface area contributed by atoms with Gasteiger partial charge in [-0.3, -0.25) is 0 Å². The van der Waals surface area contributed by atoms with Crippen LogP contribution in [-0.4, -0.2) is 24.5 Å². The van der Waals surface area contributed by atoms with Crippen LogP contribution in [0, 0.1) is 0 Å². The minimum atomic E-state index is 0.768. The Balaban J connectivity index is 3.38. The van der Waals surface area contributed by atoms with Gasteiger partial charge >= 0.3 is 0 Å². The number of nitrogens with zero attached hydrogens (tertiary/aromatic N) is 1. The molecule has 0 rings (SSSR count). The third-order valence-electron chi connectivity index (χ3n) is 2.04. The first kappa shape index (κ1) is 9.96. The third kappa shape index (κ3) is 3.89. The maximum Gasteiger partial charge on any atom is 0.00637 e. The van der Waals surface area contributed by atoms with Crippen LogP contribution < -0.4 is 0 Å². The molecule has 62 valence electrons. The van der Waals surface area contributed by atoms with E-state index in [-0.39, 0.29) is 0 Å². The average molecular weight is 143 g/mol. The summed E-state index contributed by atoms with van der Waals surface area (Å²) in [5, 5.41) is 0. The summed E-state index contributed by atoms with van der Waals surface area (Å²) in [5.74, 6) is 0. The van der Waals surface area contributed by atoms with E-state index in [1.165, 1.54) is 25.8 Å². The van der Waals surface area contributed by atoms with Crippen LogP contribution in [-0.2, 0) is 0 Å². The van der Waals surface area contributed by atoms with Crippen LogP contribution in [0.1, 0.15) is 40.0 Å². The fourth-order valence-electron chi connectivity index (χ4n) is 1.21. The summed E-state index contributed by atoms with van der Waals surface area (Å²) in [6.07, 6.45) is 3.90. The Labute approximate surface area is 65.4 Å². The van der Waals surface area contributed by atoms with Gasteiger partial charge in [0.2, 0.25) is 0 Å². The van der Waals surface area contributed by atoms with Crippen LogP contribution in [0.5, 0.6) is 0 Å². The van der Waals surface area contributed by atoms with E-state index in [9.17, 15) is 0 Å². The smallest absolute Gasteiger partial charge is 0.00637 e. The SMILES string of the molecule is CCC[C@H](C)N(C)CCC. The Hall–Kier alpha value is -0.0400. The van der Waals surface area contributed by atoms with E-state index >= 15 is 0 Å². The van der Waals surface area contributed by atoms with Crippen molar-refractivity contribution in [3.05, 3.63) is 0 Å². The summed E-state index contributed by atoms with van der Waals surface area (Å²) in [6, 6.07) is 0.768. The van der Waals surface area contributed by atoms with E-state index in [0.717, 1.165) is 6.04 Å². The number of hydrogen-bond donors (Lipinski definition) is 0. The molecular weight excluding hydrogens is 122 g/mol. The normalized spacial score (nSPS) is 14.1. The maximum absolute atomic E-state index is 2.43. The summed E-state index contributed by atoms with van der Waals surface area (Å²) >= 11 is 0. The topological polar surface area (TPSA) is 3.24 Å². The predicted molar refractivity (Wildman–Crippen MR) is 47.3 cm³/mol. The summed E-state index contributed by atoms with van der Waals surface area (Å²) in [6.45, 7) is 8.02. The van der Waals surface area contributed by atoms with E-state index in [0.29, 0.717) is 0 Å². The minimum Gasteiger partial charge on any atom is -0.304 e. The lowest BCUT2D eigenvalue weighted by molar-refractivity contribution is 0.245. The first-order valence-electron chi connectivity index (χ1n) is 4.42. The molecular formula is C9H21N. The summed E-state index contributed by atoms with van der Waals surface area (Å²) in [4.78, 5) is 2.43. The fraction of sp³-hybridized carbons (Fsp3) is 1.00. The van der Waals surface area contributed by atoms with Gasteiger partial charge in [0.1, 0.15) is 0 Å². The van der Waals surface area contributed by atoms with Crippen molar-refractivity contribution in [2.75, 3.05) is 13.6 Å². The highest BCUT2D eigenvalue weighted by molar-refractivity contribution is 4.60. The van der Waals surface area contributed by atoms with E-state index in [4.69, 9.17) is 0 Å². The maximum atomic E-state index is 2.43. The Bertz CT molecular complexity index is 61.1. The van der Waals surface area contributed by atoms with Gasteiger partial charge in [-0.15, -0.1) is 0 Å². The van der Waals surface area contributed by atoms with Crippen LogP contribution in [0.3, 0.4) is 0 Å². The van der Waals surface area contributed by atoms with Crippen LogP contribution in [0.15, 0.2) is 0 Å². The Morgan fingerprint density at radius 2 is 1.80 bits per heavy atom. The molecule has 0 radical (unpaired) electrons. The lowest BCUT2D eigenvalue weighted by Crippen LogP contribution is -2.29. The number of hydrogen-bond acceptors (Lipinski definition) is 1. The molecule has 0 heterocycles. The van der Waals surface area contributed by atoms with E-state index < -0.39 is 0 Å². The summed E-state index contributed by atoms with van der Waals surface area (Å²) in [7, 11) is 2.21. The summed E-state index contributed by atoms with van der Waals surface area (Å²) in [5.41, 5.74) is 0. The van der Waals surface area contributed by atoms with Crippen molar-refractivity contribution in [2.24, 2.45) is 0 Å². The molecule has 0 amide bonds. The van der Waals surface area contributed by atoms with Gasteiger partial charge in [0.15, 0.2) is 0 Å². The summed E-state index contributed by atoms with van der Waals surface area (Å²) < 4.78 is 0. The molecule has 0 fully saturated rings. The second-order valence-electron chi connectivity index (χ2n) is 3.12. The molecule has 0 aromatic heterocycles. The van der Waals surface area contributed by atoms with E-state index in [1.54, 1.807) is 0 Å². The van der Waals surface area contributed by atoms with Crippen molar-refractivity contribution in [1.82, 2.24) is 4.90 Å². The van der Waals surface area contributed by atoms with Crippen molar-refractivity contribution < 1.29 is 0 Å². The molecule has 0 saturated heterocycles. The van der Waals surface area contributed by atoms with Crippen molar-refractivity contribution in [3.63, 3.8) is 0 Å². The average Bonchev–Trinajstić information content (AvgIpc) is 1.89. The molecule has 0 bridgehead atoms. The van der Waals surface area contributed by atoms with Crippen LogP contribution >= 0.6 is 0 Å². The van der Waals surface area contributed by atoms with Crippen molar-refractivity contribution in [3.8, 4) is 0 Å². The van der Waals surface area contributed by atoms with E-state index in [1.807, 2.05) is 0 Å². The predicted octanol–water partition coefficient (Wildman–Crippen LogP) is 2.52. The molecule has 0 N–H and O–H groups in total. The van der Waals surface area contributed by atoms with Gasteiger partial charge in [-0.1, -0.05) is 20.3 Å². The number of rotatable bonds is 5. The van der Waals surface area contributed by atoms with Gasteiger partial charge in [0.05, 0.1) is 0 Å². The molecule has 0 spiro atoms. The highest BCUT2D eigenvalue weighted by Crippen LogP contribution is 2.03. The first-order chi connectivity index (χ1) is 4.72. The molecule has 1 atom stereocenters. The third-order valence-corrected chi connectivity index (χ3v) is 2.04. The molecule has 0 aliphatic heterocycles. The monoisotopic (exact) mass is 143 g/mol. The fourth-order valence-corrected chi connectivity index (χ4v) is 1.21. The van der Waals surface area contributed by atoms with Gasteiger partial charge in [-0.05, 0) is 33.4 Å². The van der Waals surface area contributed by atoms with Gasteiger partial charge in [-0.25, -0.2) is 0 Å². The zero-order valence-corrected chi connectivity index (χ0v) is 7.85. The molecule has 0 aliphatic carbocycles. The lowest BCUT2D eigenvalue weighted by atomic mass is 10.2. The van der Waals surface area contributed by atoms with Crippen molar-refractivity contribution in [1.29, 1.82) is 0 Å². The van der Waals surface area contributed by atoms with Gasteiger partial charge < -0.3 is 4.90 Å². The standard InChI is InChI=1S/C9H21N/c1-5-7-9(3)10(4)8-6-2/h9H,5-8H2,1-4H3/t9-/m0/s1. The Morgan fingerprint density at radius 3 is 2.20 bits per heavy atom. The first-order valence-corrected chi connectivity index (χ1v) is 4.42. The van der Waals surface area contributed by atoms with Crippen LogP contribution in [0.25, 0.3) is 0 Å². The van der Waals surface area contributed by atoms with Crippen LogP contribution in [0.2, 0.25) is 0 Å². The molecule has 1 heteroatoms. The molecule has 0 saturated carbocycles. The van der Waals surface area contributed by atoms with Crippen LogP contribution in [0.4, 0.5) is 0 Å². The highest BCUT2D eigenvalue weighted by atomic mass is 15.1. The lowest BCUT2D eigenvalue weighted by Gasteiger charge is -2.23. The molecule has 0 aromatic rings. The Morgan fingerprint density at radius 1 is 1.20 bits per heavy atom. The Kier molecular flexibility index (Phi) is 5.70. The molecule has 0 aromatic carbocycles. The zero-order chi connectivity index (χ0) is 7.98. The molecule has 0 unspecified atom stereocenters. The quantitative estimate of drug-likeness (QED) is 0.571.